The van der Waals surface area contributed by atoms with Gasteiger partial charge in [-0.3, -0.25) is 4.79 Å². The van der Waals surface area contributed by atoms with E-state index in [0.29, 0.717) is 12.1 Å². The van der Waals surface area contributed by atoms with E-state index in [4.69, 9.17) is 9.84 Å². The molecule has 0 atom stereocenters. The van der Waals surface area contributed by atoms with Gasteiger partial charge in [-0.05, 0) is 48.4 Å². The molecule has 4 nitrogen and oxygen atoms in total. The lowest BCUT2D eigenvalue weighted by Gasteiger charge is -2.07. The van der Waals surface area contributed by atoms with Gasteiger partial charge >= 0.3 is 0 Å². The fourth-order valence-corrected chi connectivity index (χ4v) is 1.86. The van der Waals surface area contributed by atoms with Gasteiger partial charge in [0.15, 0.2) is 0 Å². The van der Waals surface area contributed by atoms with Gasteiger partial charge in [0.05, 0.1) is 7.11 Å². The number of carbonyl (C=O) groups is 1. The lowest BCUT2D eigenvalue weighted by atomic mass is 10.1. The topological polar surface area (TPSA) is 58.6 Å². The van der Waals surface area contributed by atoms with Crippen LogP contribution in [0, 0.1) is 0 Å². The van der Waals surface area contributed by atoms with Crippen molar-refractivity contribution >= 4 is 5.91 Å². The van der Waals surface area contributed by atoms with Crippen molar-refractivity contribution in [3.05, 3.63) is 59.7 Å². The molecule has 2 aromatic rings. The van der Waals surface area contributed by atoms with E-state index < -0.39 is 0 Å². The van der Waals surface area contributed by atoms with Gasteiger partial charge in [0.1, 0.15) is 11.5 Å². The predicted molar refractivity (Wildman–Crippen MR) is 77.1 cm³/mol. The number of benzene rings is 2. The maximum Gasteiger partial charge on any atom is 0.251 e. The van der Waals surface area contributed by atoms with Gasteiger partial charge in [-0.15, -0.1) is 0 Å². The Kier molecular flexibility index (Phi) is 4.60. The van der Waals surface area contributed by atoms with Gasteiger partial charge in [-0.25, -0.2) is 0 Å². The standard InChI is InChI=1S/C16H17NO3/c1-20-15-4-2-3-12(11-15)9-10-17-16(19)13-5-7-14(18)8-6-13/h2-8,11,18H,9-10H2,1H3,(H,17,19). The third kappa shape index (κ3) is 3.75. The van der Waals surface area contributed by atoms with E-state index in [1.807, 2.05) is 24.3 Å². The highest BCUT2D eigenvalue weighted by atomic mass is 16.5. The van der Waals surface area contributed by atoms with E-state index in [-0.39, 0.29) is 11.7 Å². The fraction of sp³-hybridized carbons (Fsp3) is 0.188. The molecule has 0 aliphatic heterocycles. The lowest BCUT2D eigenvalue weighted by Crippen LogP contribution is -2.25. The second-order valence-corrected chi connectivity index (χ2v) is 4.40. The Morgan fingerprint density at radius 2 is 1.95 bits per heavy atom. The Bertz CT molecular complexity index is 579. The zero-order valence-corrected chi connectivity index (χ0v) is 11.3. The Morgan fingerprint density at radius 1 is 1.20 bits per heavy atom. The number of rotatable bonds is 5. The summed E-state index contributed by atoms with van der Waals surface area (Å²) in [6.07, 6.45) is 0.737. The number of hydrogen-bond acceptors (Lipinski definition) is 3. The summed E-state index contributed by atoms with van der Waals surface area (Å²) in [5.41, 5.74) is 1.64. The molecule has 1 amide bonds. The van der Waals surface area contributed by atoms with E-state index in [9.17, 15) is 4.79 Å². The first-order valence-electron chi connectivity index (χ1n) is 6.39. The monoisotopic (exact) mass is 271 g/mol. The number of methoxy groups -OCH3 is 1. The molecule has 0 saturated carbocycles. The van der Waals surface area contributed by atoms with Crippen LogP contribution in [0.2, 0.25) is 0 Å². The van der Waals surface area contributed by atoms with E-state index in [1.54, 1.807) is 19.2 Å². The summed E-state index contributed by atoms with van der Waals surface area (Å²) in [6.45, 7) is 0.548. The summed E-state index contributed by atoms with van der Waals surface area (Å²) in [7, 11) is 1.63. The molecule has 0 spiro atoms. The Balaban J connectivity index is 1.86. The average molecular weight is 271 g/mol. The minimum Gasteiger partial charge on any atom is -0.508 e. The van der Waals surface area contributed by atoms with Gasteiger partial charge < -0.3 is 15.2 Å². The van der Waals surface area contributed by atoms with E-state index >= 15 is 0 Å². The van der Waals surface area contributed by atoms with Gasteiger partial charge in [0.2, 0.25) is 0 Å². The van der Waals surface area contributed by atoms with Crippen molar-refractivity contribution in [2.24, 2.45) is 0 Å². The molecule has 4 heteroatoms. The van der Waals surface area contributed by atoms with Crippen LogP contribution in [-0.2, 0) is 6.42 Å². The third-order valence-corrected chi connectivity index (χ3v) is 2.96. The van der Waals surface area contributed by atoms with Gasteiger partial charge in [-0.1, -0.05) is 12.1 Å². The smallest absolute Gasteiger partial charge is 0.251 e. The molecule has 0 bridgehead atoms. The molecule has 0 aliphatic carbocycles. The first kappa shape index (κ1) is 13.9. The number of aromatic hydroxyl groups is 1. The van der Waals surface area contributed by atoms with Crippen LogP contribution < -0.4 is 10.1 Å². The van der Waals surface area contributed by atoms with Crippen molar-refractivity contribution in [2.75, 3.05) is 13.7 Å². The Hall–Kier alpha value is -2.49. The minimum absolute atomic E-state index is 0.145. The Morgan fingerprint density at radius 3 is 2.65 bits per heavy atom. The van der Waals surface area contributed by atoms with Crippen LogP contribution in [0.1, 0.15) is 15.9 Å². The molecule has 0 heterocycles. The molecule has 0 unspecified atom stereocenters. The highest BCUT2D eigenvalue weighted by Gasteiger charge is 2.04. The van der Waals surface area contributed by atoms with E-state index in [0.717, 1.165) is 17.7 Å². The molecule has 2 aromatic carbocycles. The molecule has 2 rings (SSSR count). The highest BCUT2D eigenvalue weighted by Crippen LogP contribution is 2.13. The van der Waals surface area contributed by atoms with Crippen molar-refractivity contribution in [1.82, 2.24) is 5.32 Å². The van der Waals surface area contributed by atoms with Crippen molar-refractivity contribution in [3.8, 4) is 11.5 Å². The maximum absolute atomic E-state index is 11.9. The molecule has 0 saturated heterocycles. The molecule has 0 fully saturated rings. The fourth-order valence-electron chi connectivity index (χ4n) is 1.86. The molecule has 0 aliphatic rings. The van der Waals surface area contributed by atoms with Gasteiger partial charge in [0.25, 0.3) is 5.91 Å². The number of ether oxygens (including phenoxy) is 1. The highest BCUT2D eigenvalue weighted by molar-refractivity contribution is 5.94. The maximum atomic E-state index is 11.9. The largest absolute Gasteiger partial charge is 0.508 e. The Labute approximate surface area is 118 Å². The molecule has 20 heavy (non-hydrogen) atoms. The van der Waals surface area contributed by atoms with Crippen LogP contribution in [0.25, 0.3) is 0 Å². The molecule has 104 valence electrons. The number of hydrogen-bond donors (Lipinski definition) is 2. The number of nitrogens with one attached hydrogen (secondary N) is 1. The summed E-state index contributed by atoms with van der Waals surface area (Å²) in [5, 5.41) is 12.0. The second-order valence-electron chi connectivity index (χ2n) is 4.40. The second kappa shape index (κ2) is 6.61. The van der Waals surface area contributed by atoms with Crippen molar-refractivity contribution in [3.63, 3.8) is 0 Å². The van der Waals surface area contributed by atoms with E-state index in [1.165, 1.54) is 12.1 Å². The van der Waals surface area contributed by atoms with Crippen molar-refractivity contribution in [1.29, 1.82) is 0 Å². The van der Waals surface area contributed by atoms with Crippen LogP contribution in [-0.4, -0.2) is 24.7 Å². The predicted octanol–water partition coefficient (Wildman–Crippen LogP) is 2.37. The summed E-state index contributed by atoms with van der Waals surface area (Å²) in [6, 6.07) is 13.9. The van der Waals surface area contributed by atoms with Gasteiger partial charge in [-0.2, -0.15) is 0 Å². The number of amides is 1. The van der Waals surface area contributed by atoms with E-state index in [2.05, 4.69) is 5.32 Å². The summed E-state index contributed by atoms with van der Waals surface area (Å²) in [5.74, 6) is 0.818. The number of phenolic OH excluding ortho intramolecular Hbond substituents is 1. The normalized spacial score (nSPS) is 10.1. The first-order chi connectivity index (χ1) is 9.69. The van der Waals surface area contributed by atoms with Crippen molar-refractivity contribution in [2.45, 2.75) is 6.42 Å². The number of carbonyl (C=O) groups excluding carboxylic acids is 1. The zero-order valence-electron chi connectivity index (χ0n) is 11.3. The van der Waals surface area contributed by atoms with Gasteiger partial charge in [0, 0.05) is 12.1 Å². The average Bonchev–Trinajstić information content (AvgIpc) is 2.48. The molecule has 2 N–H and O–H groups in total. The summed E-state index contributed by atoms with van der Waals surface area (Å²) >= 11 is 0. The zero-order chi connectivity index (χ0) is 14.4. The SMILES string of the molecule is COc1cccc(CCNC(=O)c2ccc(O)cc2)c1. The lowest BCUT2D eigenvalue weighted by molar-refractivity contribution is 0.0954. The quantitative estimate of drug-likeness (QED) is 0.877. The van der Waals surface area contributed by atoms with Crippen LogP contribution >= 0.6 is 0 Å². The first-order valence-corrected chi connectivity index (χ1v) is 6.39. The summed E-state index contributed by atoms with van der Waals surface area (Å²) in [4.78, 5) is 11.9. The molecular formula is C16H17NO3. The summed E-state index contributed by atoms with van der Waals surface area (Å²) < 4.78 is 5.15. The number of phenols is 1. The van der Waals surface area contributed by atoms with Crippen LogP contribution in [0.15, 0.2) is 48.5 Å². The minimum atomic E-state index is -0.145. The molecule has 0 aromatic heterocycles. The van der Waals surface area contributed by atoms with Crippen LogP contribution in [0.5, 0.6) is 11.5 Å². The molecule has 0 radical (unpaired) electrons. The van der Waals surface area contributed by atoms with Crippen LogP contribution in [0.3, 0.4) is 0 Å². The molecular weight excluding hydrogens is 254 g/mol. The van der Waals surface area contributed by atoms with Crippen LogP contribution in [0.4, 0.5) is 0 Å². The third-order valence-electron chi connectivity index (χ3n) is 2.96. The van der Waals surface area contributed by atoms with Crippen molar-refractivity contribution < 1.29 is 14.6 Å².